The molecule has 17 heteroatoms. The van der Waals surface area contributed by atoms with E-state index in [1.165, 1.54) is 28.1 Å². The number of sulfonamides is 1. The number of methoxy groups -OCH3 is 1. The maximum absolute atomic E-state index is 14.4. The predicted molar refractivity (Wildman–Crippen MR) is 193 cm³/mol. The number of nitrogens with one attached hydrogen (secondary N) is 3. The monoisotopic (exact) mass is 753 g/mol. The van der Waals surface area contributed by atoms with E-state index in [9.17, 15) is 27.6 Å². The van der Waals surface area contributed by atoms with Gasteiger partial charge in [0.15, 0.2) is 11.1 Å². The standard InChI is InChI=1S/C36H47N7O9S/c1-10-22-17-36(22,32(46)41-53(48,49)27-19-42(8)20-38-27)39-29(44)26-16-24(51-30-25-12-11-23(50-9)15-21(25)13-14-37-30)18-43(26)31(45)28(34(2,3)4)52-33(47)40-35(5,6)7/h10-15,19-20,22,24,26,28H,1,16-18H2,2-9H3,(H,39,44)(H,40,47)(H,41,46)/t22-,24-,26+,28-,36-/m1/s1. The van der Waals surface area contributed by atoms with Gasteiger partial charge >= 0.3 is 6.09 Å². The van der Waals surface area contributed by atoms with Gasteiger partial charge in [0.2, 0.25) is 11.8 Å². The second-order valence-electron chi connectivity index (χ2n) is 15.5. The number of aryl methyl sites for hydroxylation is 1. The van der Waals surface area contributed by atoms with Gasteiger partial charge in [-0.25, -0.2) is 19.5 Å². The fraction of sp³-hybridized carbons (Fsp3) is 0.500. The smallest absolute Gasteiger partial charge is 0.408 e. The number of aromatic nitrogens is 3. The van der Waals surface area contributed by atoms with Crippen LogP contribution in [0.15, 0.2) is 60.7 Å². The van der Waals surface area contributed by atoms with E-state index in [-0.39, 0.29) is 30.3 Å². The first-order valence-electron chi connectivity index (χ1n) is 17.1. The van der Waals surface area contributed by atoms with Crippen molar-refractivity contribution in [2.75, 3.05) is 13.7 Å². The van der Waals surface area contributed by atoms with Crippen molar-refractivity contribution in [2.45, 2.75) is 88.7 Å². The van der Waals surface area contributed by atoms with Crippen molar-refractivity contribution in [1.82, 2.24) is 34.8 Å². The van der Waals surface area contributed by atoms with Crippen LogP contribution >= 0.6 is 0 Å². The molecule has 3 N–H and O–H groups in total. The molecule has 2 aliphatic rings. The molecule has 1 saturated heterocycles. The lowest BCUT2D eigenvalue weighted by Gasteiger charge is -2.35. The minimum Gasteiger partial charge on any atom is -0.497 e. The number of amides is 4. The van der Waals surface area contributed by atoms with E-state index in [0.29, 0.717) is 11.1 Å². The van der Waals surface area contributed by atoms with Gasteiger partial charge in [-0.05, 0) is 56.8 Å². The Balaban J connectivity index is 1.45. The molecule has 1 aromatic carbocycles. The number of alkyl carbamates (subject to hydrolysis) is 1. The van der Waals surface area contributed by atoms with Crippen LogP contribution in [0.3, 0.4) is 0 Å². The summed E-state index contributed by atoms with van der Waals surface area (Å²) in [5.41, 5.74) is -3.23. The fourth-order valence-corrected chi connectivity index (χ4v) is 7.22. The predicted octanol–water partition coefficient (Wildman–Crippen LogP) is 2.83. The van der Waals surface area contributed by atoms with Crippen LogP contribution in [0.25, 0.3) is 10.8 Å². The molecule has 0 spiro atoms. The largest absolute Gasteiger partial charge is 0.497 e. The second-order valence-corrected chi connectivity index (χ2v) is 17.2. The lowest BCUT2D eigenvalue weighted by Crippen LogP contribution is -2.58. The molecule has 0 unspecified atom stereocenters. The summed E-state index contributed by atoms with van der Waals surface area (Å²) in [5, 5.41) is 6.53. The van der Waals surface area contributed by atoms with E-state index in [1.807, 2.05) is 10.8 Å². The first-order chi connectivity index (χ1) is 24.7. The minimum absolute atomic E-state index is 0.0282. The van der Waals surface area contributed by atoms with Gasteiger partial charge in [0.05, 0.1) is 20.0 Å². The topological polar surface area (TPSA) is 200 Å². The quantitative estimate of drug-likeness (QED) is 0.243. The van der Waals surface area contributed by atoms with Crippen LogP contribution in [0.2, 0.25) is 0 Å². The van der Waals surface area contributed by atoms with Crippen LogP contribution in [0.4, 0.5) is 4.79 Å². The van der Waals surface area contributed by atoms with Crippen LogP contribution in [0.5, 0.6) is 11.6 Å². The van der Waals surface area contributed by atoms with E-state index in [4.69, 9.17) is 14.2 Å². The molecule has 2 aromatic heterocycles. The van der Waals surface area contributed by atoms with E-state index in [2.05, 4.69) is 27.2 Å². The van der Waals surface area contributed by atoms with E-state index in [0.717, 1.165) is 5.39 Å². The molecule has 1 aliphatic carbocycles. The lowest BCUT2D eigenvalue weighted by molar-refractivity contribution is -0.150. The molecule has 1 aliphatic heterocycles. The maximum atomic E-state index is 14.4. The van der Waals surface area contributed by atoms with Crippen LogP contribution in [-0.4, -0.2) is 94.6 Å². The highest BCUT2D eigenvalue weighted by Gasteiger charge is 2.61. The van der Waals surface area contributed by atoms with Crippen LogP contribution < -0.4 is 24.8 Å². The van der Waals surface area contributed by atoms with Crippen molar-refractivity contribution in [3.8, 4) is 11.6 Å². The summed E-state index contributed by atoms with van der Waals surface area (Å²) in [6.07, 6.45) is 2.66. The number of hydrogen-bond acceptors (Lipinski definition) is 11. The zero-order chi connectivity index (χ0) is 39.1. The number of benzene rings is 1. The molecule has 1 saturated carbocycles. The lowest BCUT2D eigenvalue weighted by atomic mass is 9.88. The Hall–Kier alpha value is -5.19. The second kappa shape index (κ2) is 14.3. The average Bonchev–Trinajstić information content (AvgIpc) is 3.34. The number of rotatable bonds is 11. The van der Waals surface area contributed by atoms with Crippen molar-refractivity contribution in [3.63, 3.8) is 0 Å². The molecule has 3 heterocycles. The molecular formula is C36H47N7O9S. The Labute approximate surface area is 308 Å². The molecule has 5 atom stereocenters. The average molecular weight is 754 g/mol. The summed E-state index contributed by atoms with van der Waals surface area (Å²) in [4.78, 5) is 64.8. The van der Waals surface area contributed by atoms with Gasteiger partial charge in [0.25, 0.3) is 21.8 Å². The highest BCUT2D eigenvalue weighted by Crippen LogP contribution is 2.45. The Morgan fingerprint density at radius 1 is 1.09 bits per heavy atom. The fourth-order valence-electron chi connectivity index (χ4n) is 6.20. The van der Waals surface area contributed by atoms with E-state index >= 15 is 0 Å². The summed E-state index contributed by atoms with van der Waals surface area (Å²) in [5.74, 6) is -2.07. The maximum Gasteiger partial charge on any atom is 0.408 e. The third-order valence-corrected chi connectivity index (χ3v) is 10.2. The first-order valence-corrected chi connectivity index (χ1v) is 18.5. The van der Waals surface area contributed by atoms with Crippen molar-refractivity contribution < 1.29 is 41.8 Å². The zero-order valence-electron chi connectivity index (χ0n) is 31.1. The Morgan fingerprint density at radius 2 is 1.81 bits per heavy atom. The number of hydrogen-bond donors (Lipinski definition) is 3. The molecule has 286 valence electrons. The Morgan fingerprint density at radius 3 is 2.40 bits per heavy atom. The van der Waals surface area contributed by atoms with Gasteiger partial charge in [-0.3, -0.25) is 14.4 Å². The molecule has 0 radical (unpaired) electrons. The number of pyridine rings is 1. The highest BCUT2D eigenvalue weighted by molar-refractivity contribution is 7.90. The van der Waals surface area contributed by atoms with Gasteiger partial charge in [-0.2, -0.15) is 8.42 Å². The van der Waals surface area contributed by atoms with Crippen molar-refractivity contribution >= 4 is 44.6 Å². The van der Waals surface area contributed by atoms with Gasteiger partial charge < -0.3 is 34.3 Å². The number of fused-ring (bicyclic) bond motifs is 1. The SMILES string of the molecule is C=C[C@@H]1C[C@]1(NC(=O)[C@@H]1C[C@@H](Oc2nccc3cc(OC)ccc23)CN1C(=O)[C@@H](OC(=O)NC(C)(C)C)C(C)(C)C)C(=O)NS(=O)(=O)c1cn(C)cn1. The normalized spacial score (nSPS) is 22.0. The van der Waals surface area contributed by atoms with E-state index < -0.39 is 74.5 Å². The number of ether oxygens (including phenoxy) is 3. The van der Waals surface area contributed by atoms with E-state index in [1.54, 1.807) is 80.1 Å². The van der Waals surface area contributed by atoms with Crippen molar-refractivity contribution in [2.24, 2.45) is 18.4 Å². The third kappa shape index (κ3) is 8.56. The zero-order valence-corrected chi connectivity index (χ0v) is 31.9. The first kappa shape index (κ1) is 39.0. The van der Waals surface area contributed by atoms with Gasteiger partial charge in [-0.1, -0.05) is 26.8 Å². The molecule has 2 fully saturated rings. The highest BCUT2D eigenvalue weighted by atomic mass is 32.2. The summed E-state index contributed by atoms with van der Waals surface area (Å²) in [6, 6.07) is 5.95. The number of nitrogens with zero attached hydrogens (tertiary/aromatic N) is 4. The van der Waals surface area contributed by atoms with Crippen molar-refractivity contribution in [3.05, 3.63) is 55.6 Å². The molecule has 4 amide bonds. The number of likely N-dealkylation sites (tertiary alicyclic amines) is 1. The molecule has 3 aromatic rings. The Kier molecular flexibility index (Phi) is 10.5. The Bertz CT molecular complexity index is 2040. The van der Waals surface area contributed by atoms with Crippen LogP contribution in [0, 0.1) is 11.3 Å². The van der Waals surface area contributed by atoms with Gasteiger partial charge in [0, 0.05) is 48.1 Å². The molecular weight excluding hydrogens is 707 g/mol. The summed E-state index contributed by atoms with van der Waals surface area (Å²) in [6.45, 7) is 14.2. The number of imidazole rings is 1. The number of carbonyl (C=O) groups is 4. The minimum atomic E-state index is -4.38. The third-order valence-electron chi connectivity index (χ3n) is 9.01. The van der Waals surface area contributed by atoms with Gasteiger partial charge in [0.1, 0.15) is 23.4 Å². The molecule has 53 heavy (non-hydrogen) atoms. The molecule has 0 bridgehead atoms. The summed E-state index contributed by atoms with van der Waals surface area (Å²) >= 11 is 0. The van der Waals surface area contributed by atoms with Crippen LogP contribution in [0.1, 0.15) is 54.4 Å². The molecule has 16 nitrogen and oxygen atoms in total. The molecule has 5 rings (SSSR count). The van der Waals surface area contributed by atoms with Crippen molar-refractivity contribution in [1.29, 1.82) is 0 Å². The number of carbonyl (C=O) groups excluding carboxylic acids is 4. The van der Waals surface area contributed by atoms with Crippen LogP contribution in [-0.2, 0) is 36.2 Å². The van der Waals surface area contributed by atoms with Gasteiger partial charge in [-0.15, -0.1) is 6.58 Å². The summed E-state index contributed by atoms with van der Waals surface area (Å²) in [7, 11) is -1.24. The summed E-state index contributed by atoms with van der Waals surface area (Å²) < 4.78 is 46.9.